The van der Waals surface area contributed by atoms with Crippen molar-refractivity contribution in [3.8, 4) is 5.75 Å². The molecule has 4 aromatic rings. The lowest BCUT2D eigenvalue weighted by Gasteiger charge is -2.35. The van der Waals surface area contributed by atoms with Gasteiger partial charge in [-0.05, 0) is 43.3 Å². The molecule has 0 saturated carbocycles. The van der Waals surface area contributed by atoms with Crippen LogP contribution < -0.4 is 10.1 Å². The molecule has 1 aliphatic heterocycles. The van der Waals surface area contributed by atoms with Gasteiger partial charge in [0.1, 0.15) is 18.5 Å². The van der Waals surface area contributed by atoms with Gasteiger partial charge in [-0.15, -0.1) is 11.3 Å². The number of anilines is 1. The Hall–Kier alpha value is -3.11. The summed E-state index contributed by atoms with van der Waals surface area (Å²) in [6.07, 6.45) is 1.18. The molecule has 5 rings (SSSR count). The van der Waals surface area contributed by atoms with Crippen molar-refractivity contribution in [2.75, 3.05) is 51.2 Å². The predicted molar refractivity (Wildman–Crippen MR) is 139 cm³/mol. The van der Waals surface area contributed by atoms with Gasteiger partial charge in [-0.3, -0.25) is 19.6 Å². The van der Waals surface area contributed by atoms with Crippen LogP contribution in [0.2, 0.25) is 0 Å². The normalized spacial score (nSPS) is 15.9. The lowest BCUT2D eigenvalue weighted by atomic mass is 10.2. The Morgan fingerprint density at radius 2 is 1.94 bits per heavy atom. The Labute approximate surface area is 208 Å². The number of hydrogen-bond donors (Lipinski definition) is 2. The molecule has 182 valence electrons. The van der Waals surface area contributed by atoms with E-state index in [-0.39, 0.29) is 12.5 Å². The number of hydrogen-bond acceptors (Lipinski definition) is 8. The number of piperazine rings is 1. The summed E-state index contributed by atoms with van der Waals surface area (Å²) >= 11 is 1.66. The number of nitrogens with zero attached hydrogens (tertiary/aromatic N) is 4. The maximum absolute atomic E-state index is 12.5. The van der Waals surface area contributed by atoms with Crippen molar-refractivity contribution < 1.29 is 14.6 Å². The van der Waals surface area contributed by atoms with Crippen LogP contribution in [0, 0.1) is 6.92 Å². The molecule has 3 heterocycles. The minimum Gasteiger partial charge on any atom is -0.491 e. The fourth-order valence-corrected chi connectivity index (χ4v) is 5.15. The number of aliphatic hydroxyl groups is 1. The minimum atomic E-state index is -0.583. The van der Waals surface area contributed by atoms with Crippen molar-refractivity contribution in [2.45, 2.75) is 13.0 Å². The number of benzene rings is 2. The van der Waals surface area contributed by atoms with Crippen LogP contribution in [0.1, 0.15) is 5.01 Å². The third kappa shape index (κ3) is 6.12. The van der Waals surface area contributed by atoms with Crippen LogP contribution >= 0.6 is 11.3 Å². The lowest BCUT2D eigenvalue weighted by Crippen LogP contribution is -2.50. The van der Waals surface area contributed by atoms with E-state index in [1.165, 1.54) is 0 Å². The summed E-state index contributed by atoms with van der Waals surface area (Å²) < 4.78 is 6.94. The Kier molecular flexibility index (Phi) is 7.19. The molecule has 0 aliphatic carbocycles. The number of pyridine rings is 1. The summed E-state index contributed by atoms with van der Waals surface area (Å²) in [5, 5.41) is 15.5. The van der Waals surface area contributed by atoms with Gasteiger partial charge in [-0.2, -0.15) is 0 Å². The maximum Gasteiger partial charge on any atom is 0.238 e. The van der Waals surface area contributed by atoms with E-state index in [1.807, 2.05) is 55.5 Å². The third-order valence-corrected chi connectivity index (χ3v) is 7.05. The number of aromatic nitrogens is 2. The third-order valence-electron chi connectivity index (χ3n) is 6.10. The molecule has 1 fully saturated rings. The summed E-state index contributed by atoms with van der Waals surface area (Å²) in [5.74, 6) is 0.697. The highest BCUT2D eigenvalue weighted by molar-refractivity contribution is 7.18. The van der Waals surface area contributed by atoms with Gasteiger partial charge in [0, 0.05) is 56.1 Å². The molecule has 2 aromatic heterocycles. The second-order valence-electron chi connectivity index (χ2n) is 8.86. The average Bonchev–Trinajstić information content (AvgIpc) is 3.23. The second kappa shape index (κ2) is 10.7. The molecule has 9 heteroatoms. The lowest BCUT2D eigenvalue weighted by molar-refractivity contribution is -0.117. The number of fused-ring (bicyclic) bond motifs is 2. The number of aryl methyl sites for hydroxylation is 1. The van der Waals surface area contributed by atoms with E-state index < -0.39 is 6.10 Å². The molecule has 2 aromatic carbocycles. The Morgan fingerprint density at radius 3 is 2.80 bits per heavy atom. The molecule has 0 bridgehead atoms. The Bertz CT molecular complexity index is 1320. The zero-order valence-corrected chi connectivity index (χ0v) is 20.5. The van der Waals surface area contributed by atoms with Crippen LogP contribution in [0.15, 0.2) is 54.7 Å². The summed E-state index contributed by atoms with van der Waals surface area (Å²) in [4.78, 5) is 25.7. The second-order valence-corrected chi connectivity index (χ2v) is 10.1. The first-order chi connectivity index (χ1) is 17.0. The van der Waals surface area contributed by atoms with Crippen LogP contribution in [0.25, 0.3) is 21.1 Å². The van der Waals surface area contributed by atoms with Crippen molar-refractivity contribution in [2.24, 2.45) is 0 Å². The van der Waals surface area contributed by atoms with Crippen LogP contribution in [-0.4, -0.2) is 82.8 Å². The van der Waals surface area contributed by atoms with Crippen molar-refractivity contribution in [3.63, 3.8) is 0 Å². The molecule has 8 nitrogen and oxygen atoms in total. The van der Waals surface area contributed by atoms with Crippen molar-refractivity contribution in [1.29, 1.82) is 0 Å². The number of β-amino-alcohol motifs (C(OH)–C–C–N with tert-alkyl or cyclic N) is 1. The fraction of sp³-hybridized carbons (Fsp3) is 0.346. The first kappa shape index (κ1) is 23.6. The highest BCUT2D eigenvalue weighted by atomic mass is 32.1. The summed E-state index contributed by atoms with van der Waals surface area (Å²) in [5.41, 5.74) is 2.61. The quantitative estimate of drug-likeness (QED) is 0.391. The first-order valence-electron chi connectivity index (χ1n) is 11.8. The molecule has 2 N–H and O–H groups in total. The van der Waals surface area contributed by atoms with E-state index in [1.54, 1.807) is 17.5 Å². The van der Waals surface area contributed by atoms with Gasteiger partial charge in [0.05, 0.1) is 27.3 Å². The first-order valence-corrected chi connectivity index (χ1v) is 12.6. The topological polar surface area (TPSA) is 90.8 Å². The Morgan fingerprint density at radius 1 is 1.11 bits per heavy atom. The number of carbonyl (C=O) groups excluding carboxylic acids is 1. The van der Waals surface area contributed by atoms with E-state index in [0.717, 1.165) is 63.7 Å². The molecular weight excluding hydrogens is 462 g/mol. The molecular formula is C26H29N5O3S. The van der Waals surface area contributed by atoms with Gasteiger partial charge >= 0.3 is 0 Å². The standard InChI is InChI=1S/C26H29N5O3S/c1-18-28-24-14-22(5-7-25(24)35-18)34-17-21(32)15-30-9-11-31(12-10-30)16-26(33)29-20-4-6-23-19(13-20)3-2-8-27-23/h2-8,13-14,21,32H,9-12,15-17H2,1H3,(H,29,33). The van der Waals surface area contributed by atoms with Crippen LogP contribution in [0.4, 0.5) is 5.69 Å². The number of ether oxygens (including phenoxy) is 1. The SMILES string of the molecule is Cc1nc2cc(OCC(O)CN3CCN(CC(=O)Nc4ccc5ncccc5c4)CC3)ccc2s1. The summed E-state index contributed by atoms with van der Waals surface area (Å²) in [6, 6.07) is 15.5. The van der Waals surface area contributed by atoms with Gasteiger partial charge in [0.15, 0.2) is 0 Å². The number of nitrogens with one attached hydrogen (secondary N) is 1. The van der Waals surface area contributed by atoms with Crippen LogP contribution in [0.3, 0.4) is 0 Å². The molecule has 0 radical (unpaired) electrons. The van der Waals surface area contributed by atoms with E-state index in [9.17, 15) is 9.90 Å². The minimum absolute atomic E-state index is 0.0256. The van der Waals surface area contributed by atoms with Crippen molar-refractivity contribution in [3.05, 3.63) is 59.7 Å². The van der Waals surface area contributed by atoms with Gasteiger partial charge in [0.2, 0.25) is 5.91 Å². The summed E-state index contributed by atoms with van der Waals surface area (Å²) in [6.45, 7) is 6.28. The smallest absolute Gasteiger partial charge is 0.238 e. The molecule has 0 spiro atoms. The molecule has 1 unspecified atom stereocenters. The van der Waals surface area contributed by atoms with Crippen LogP contribution in [-0.2, 0) is 4.79 Å². The van der Waals surface area contributed by atoms with E-state index in [2.05, 4.69) is 25.1 Å². The highest BCUT2D eigenvalue weighted by Gasteiger charge is 2.21. The number of aliphatic hydroxyl groups excluding tert-OH is 1. The highest BCUT2D eigenvalue weighted by Crippen LogP contribution is 2.25. The molecule has 35 heavy (non-hydrogen) atoms. The van der Waals surface area contributed by atoms with Gasteiger partial charge in [-0.1, -0.05) is 6.07 Å². The number of carbonyl (C=O) groups is 1. The molecule has 1 saturated heterocycles. The van der Waals surface area contributed by atoms with Crippen molar-refractivity contribution >= 4 is 44.1 Å². The number of thiazole rings is 1. The Balaban J connectivity index is 1.03. The van der Waals surface area contributed by atoms with Gasteiger partial charge in [-0.25, -0.2) is 4.98 Å². The van der Waals surface area contributed by atoms with Gasteiger partial charge in [0.25, 0.3) is 0 Å². The number of amides is 1. The fourth-order valence-electron chi connectivity index (χ4n) is 4.34. The van der Waals surface area contributed by atoms with E-state index >= 15 is 0 Å². The predicted octanol–water partition coefficient (Wildman–Crippen LogP) is 3.15. The zero-order valence-electron chi connectivity index (χ0n) is 19.7. The largest absolute Gasteiger partial charge is 0.491 e. The van der Waals surface area contributed by atoms with Crippen LogP contribution in [0.5, 0.6) is 5.75 Å². The monoisotopic (exact) mass is 491 g/mol. The maximum atomic E-state index is 12.5. The molecule has 1 amide bonds. The zero-order chi connectivity index (χ0) is 24.2. The average molecular weight is 492 g/mol. The van der Waals surface area contributed by atoms with Gasteiger partial charge < -0.3 is 15.2 Å². The van der Waals surface area contributed by atoms with E-state index in [0.29, 0.717) is 13.1 Å². The molecule has 1 atom stereocenters. The number of rotatable bonds is 8. The van der Waals surface area contributed by atoms with Crippen molar-refractivity contribution in [1.82, 2.24) is 19.8 Å². The molecule has 1 aliphatic rings. The summed E-state index contributed by atoms with van der Waals surface area (Å²) in [7, 11) is 0. The van der Waals surface area contributed by atoms with E-state index in [4.69, 9.17) is 4.74 Å².